The van der Waals surface area contributed by atoms with Gasteiger partial charge in [-0.05, 0) is 18.8 Å². The van der Waals surface area contributed by atoms with Crippen molar-refractivity contribution in [2.45, 2.75) is 59.0 Å². The Morgan fingerprint density at radius 3 is 1.43 bits per heavy atom. The third-order valence-electron chi connectivity index (χ3n) is 2.98. The molecule has 0 aliphatic rings. The molecule has 0 heterocycles. The Hall–Kier alpha value is -1.22. The molecule has 138 valence electrons. The lowest BCUT2D eigenvalue weighted by Gasteiger charge is -2.18. The molecule has 0 spiro atoms. The van der Waals surface area contributed by atoms with Crippen molar-refractivity contribution < 1.29 is 39.5 Å². The first-order valence-electron chi connectivity index (χ1n) is 7.47. The summed E-state index contributed by atoms with van der Waals surface area (Å²) in [6.45, 7) is 8.70. The van der Waals surface area contributed by atoms with Gasteiger partial charge in [-0.3, -0.25) is 0 Å². The molecule has 0 fully saturated rings. The number of methoxy groups -OCH3 is 1. The zero-order chi connectivity index (χ0) is 18.7. The zero-order valence-electron chi connectivity index (χ0n) is 14.6. The molecule has 0 rings (SSSR count). The van der Waals surface area contributed by atoms with Gasteiger partial charge in [0.2, 0.25) is 0 Å². The molecule has 8 heteroatoms. The second-order valence-electron chi connectivity index (χ2n) is 5.63. The molecule has 0 aromatic carbocycles. The van der Waals surface area contributed by atoms with Crippen LogP contribution in [0.3, 0.4) is 0 Å². The third kappa shape index (κ3) is 9.50. The normalized spacial score (nSPS) is 16.0. The highest BCUT2D eigenvalue weighted by Crippen LogP contribution is 2.07. The fourth-order valence-corrected chi connectivity index (χ4v) is 1.36. The van der Waals surface area contributed by atoms with E-state index in [0.717, 1.165) is 0 Å². The summed E-state index contributed by atoms with van der Waals surface area (Å²) in [5.74, 6) is -1.89. The topological polar surface area (TPSA) is 134 Å². The van der Waals surface area contributed by atoms with Crippen molar-refractivity contribution in [1.82, 2.24) is 0 Å². The standard InChI is InChI=1S/C8H16O4.C7H14O4/c1-4-12-8(11)7(10)6(9)5(2)3;1-4(2)5(8)6(9)7(10)11-3/h5-7,9-10H,4H2,1-3H3;4-6,8-9H,1-3H3/t6-,7+;5-,6+/m11/s1. The zero-order valence-corrected chi connectivity index (χ0v) is 14.6. The lowest BCUT2D eigenvalue weighted by Crippen LogP contribution is -2.38. The SMILES string of the molecule is CCOC(=O)[C@@H](O)[C@H](O)C(C)C.COC(=O)[C@@H](O)[C@H](O)C(C)C. The molecule has 0 radical (unpaired) electrons. The van der Waals surface area contributed by atoms with Gasteiger partial charge in [-0.25, -0.2) is 9.59 Å². The Balaban J connectivity index is 0. The van der Waals surface area contributed by atoms with E-state index < -0.39 is 36.4 Å². The van der Waals surface area contributed by atoms with Gasteiger partial charge in [0.25, 0.3) is 0 Å². The molecule has 0 bridgehead atoms. The molecule has 0 saturated heterocycles. The fourth-order valence-electron chi connectivity index (χ4n) is 1.36. The smallest absolute Gasteiger partial charge is 0.337 e. The predicted octanol–water partition coefficient (Wildman–Crippen LogP) is -0.536. The van der Waals surface area contributed by atoms with Crippen molar-refractivity contribution >= 4 is 11.9 Å². The molecule has 0 aliphatic heterocycles. The second kappa shape index (κ2) is 12.2. The number of hydrogen-bond acceptors (Lipinski definition) is 8. The summed E-state index contributed by atoms with van der Waals surface area (Å²) in [4.78, 5) is 21.5. The highest BCUT2D eigenvalue weighted by molar-refractivity contribution is 5.75. The molecular weight excluding hydrogens is 308 g/mol. The van der Waals surface area contributed by atoms with Gasteiger partial charge in [0.1, 0.15) is 0 Å². The van der Waals surface area contributed by atoms with Crippen LogP contribution in [0.1, 0.15) is 34.6 Å². The first-order chi connectivity index (χ1) is 10.5. The highest BCUT2D eigenvalue weighted by atomic mass is 16.5. The molecule has 4 atom stereocenters. The van der Waals surface area contributed by atoms with Crippen LogP contribution in [0.2, 0.25) is 0 Å². The van der Waals surface area contributed by atoms with Crippen LogP contribution < -0.4 is 0 Å². The van der Waals surface area contributed by atoms with Crippen molar-refractivity contribution in [2.75, 3.05) is 13.7 Å². The lowest BCUT2D eigenvalue weighted by molar-refractivity contribution is -0.161. The van der Waals surface area contributed by atoms with Gasteiger partial charge in [-0.15, -0.1) is 0 Å². The largest absolute Gasteiger partial charge is 0.467 e. The van der Waals surface area contributed by atoms with Gasteiger partial charge in [0.15, 0.2) is 12.2 Å². The van der Waals surface area contributed by atoms with Crippen molar-refractivity contribution in [3.63, 3.8) is 0 Å². The summed E-state index contributed by atoms with van der Waals surface area (Å²) in [5.41, 5.74) is 0. The number of hydrogen-bond donors (Lipinski definition) is 4. The van der Waals surface area contributed by atoms with E-state index in [1.54, 1.807) is 34.6 Å². The Morgan fingerprint density at radius 2 is 1.17 bits per heavy atom. The molecule has 0 saturated carbocycles. The maximum absolute atomic E-state index is 10.9. The van der Waals surface area contributed by atoms with E-state index in [2.05, 4.69) is 9.47 Å². The molecule has 0 aromatic heterocycles. The molecule has 0 aliphatic carbocycles. The van der Waals surface area contributed by atoms with Crippen molar-refractivity contribution in [3.8, 4) is 0 Å². The number of aliphatic hydroxyl groups is 4. The Kier molecular flexibility index (Phi) is 12.8. The van der Waals surface area contributed by atoms with Gasteiger partial charge in [0.05, 0.1) is 25.9 Å². The fraction of sp³-hybridized carbons (Fsp3) is 0.867. The molecule has 4 N–H and O–H groups in total. The summed E-state index contributed by atoms with van der Waals surface area (Å²) in [7, 11) is 1.17. The summed E-state index contributed by atoms with van der Waals surface area (Å²) >= 11 is 0. The molecular formula is C15H30O8. The van der Waals surface area contributed by atoms with E-state index in [4.69, 9.17) is 15.3 Å². The van der Waals surface area contributed by atoms with Gasteiger partial charge in [-0.1, -0.05) is 27.7 Å². The predicted molar refractivity (Wildman–Crippen MR) is 82.4 cm³/mol. The Bertz CT molecular complexity index is 342. The van der Waals surface area contributed by atoms with Crippen LogP contribution in [0.4, 0.5) is 0 Å². The van der Waals surface area contributed by atoms with E-state index >= 15 is 0 Å². The minimum absolute atomic E-state index is 0.163. The Morgan fingerprint density at radius 1 is 0.826 bits per heavy atom. The number of carbonyl (C=O) groups is 2. The van der Waals surface area contributed by atoms with Crippen LogP contribution in [-0.4, -0.2) is 70.5 Å². The minimum Gasteiger partial charge on any atom is -0.467 e. The van der Waals surface area contributed by atoms with Crippen LogP contribution >= 0.6 is 0 Å². The third-order valence-corrected chi connectivity index (χ3v) is 2.98. The minimum atomic E-state index is -1.43. The number of ether oxygens (including phenoxy) is 2. The van der Waals surface area contributed by atoms with Crippen LogP contribution in [0.15, 0.2) is 0 Å². The van der Waals surface area contributed by atoms with Crippen molar-refractivity contribution in [1.29, 1.82) is 0 Å². The summed E-state index contributed by atoms with van der Waals surface area (Å²) in [6.07, 6.45) is -4.96. The van der Waals surface area contributed by atoms with E-state index in [1.165, 1.54) is 7.11 Å². The first kappa shape index (κ1) is 24.0. The van der Waals surface area contributed by atoms with Crippen LogP contribution in [0.25, 0.3) is 0 Å². The average molecular weight is 338 g/mol. The highest BCUT2D eigenvalue weighted by Gasteiger charge is 2.28. The lowest BCUT2D eigenvalue weighted by atomic mass is 10.0. The second-order valence-corrected chi connectivity index (χ2v) is 5.63. The monoisotopic (exact) mass is 338 g/mol. The summed E-state index contributed by atoms with van der Waals surface area (Å²) in [5, 5.41) is 36.6. The number of aliphatic hydroxyl groups excluding tert-OH is 4. The molecule has 0 amide bonds. The molecule has 23 heavy (non-hydrogen) atoms. The van der Waals surface area contributed by atoms with Gasteiger partial charge in [-0.2, -0.15) is 0 Å². The van der Waals surface area contributed by atoms with Gasteiger partial charge < -0.3 is 29.9 Å². The van der Waals surface area contributed by atoms with E-state index in [9.17, 15) is 14.7 Å². The van der Waals surface area contributed by atoms with E-state index in [0.29, 0.717) is 0 Å². The maximum Gasteiger partial charge on any atom is 0.337 e. The summed E-state index contributed by atoms with van der Waals surface area (Å²) < 4.78 is 8.76. The first-order valence-corrected chi connectivity index (χ1v) is 7.47. The quantitative estimate of drug-likeness (QED) is 0.455. The van der Waals surface area contributed by atoms with Gasteiger partial charge >= 0.3 is 11.9 Å². The molecule has 0 aromatic rings. The van der Waals surface area contributed by atoms with Crippen LogP contribution in [0.5, 0.6) is 0 Å². The van der Waals surface area contributed by atoms with Crippen LogP contribution in [-0.2, 0) is 19.1 Å². The molecule has 0 unspecified atom stereocenters. The Labute approximate surface area is 137 Å². The van der Waals surface area contributed by atoms with Crippen molar-refractivity contribution in [2.24, 2.45) is 11.8 Å². The van der Waals surface area contributed by atoms with E-state index in [-0.39, 0.29) is 18.4 Å². The summed E-state index contributed by atoms with van der Waals surface area (Å²) in [6, 6.07) is 0. The maximum atomic E-state index is 10.9. The van der Waals surface area contributed by atoms with Crippen LogP contribution in [0, 0.1) is 11.8 Å². The van der Waals surface area contributed by atoms with E-state index in [1.807, 2.05) is 0 Å². The number of rotatable bonds is 7. The van der Waals surface area contributed by atoms with Crippen molar-refractivity contribution in [3.05, 3.63) is 0 Å². The number of carbonyl (C=O) groups excluding carboxylic acids is 2. The van der Waals surface area contributed by atoms with Gasteiger partial charge in [0, 0.05) is 0 Å². The molecule has 8 nitrogen and oxygen atoms in total. The number of esters is 2. The average Bonchev–Trinajstić information content (AvgIpc) is 2.51.